The summed E-state index contributed by atoms with van der Waals surface area (Å²) in [5.41, 5.74) is 0.0576. The number of carbonyl (C=O) groups is 2. The average Bonchev–Trinajstić information content (AvgIpc) is 2.59. The zero-order valence-corrected chi connectivity index (χ0v) is 14.8. The number of aromatic nitrogens is 1. The van der Waals surface area contributed by atoms with E-state index in [1.807, 2.05) is 0 Å². The van der Waals surface area contributed by atoms with Gasteiger partial charge in [0.15, 0.2) is 0 Å². The third kappa shape index (κ3) is 5.48. The Morgan fingerprint density at radius 1 is 1.19 bits per heavy atom. The number of nitrogens with one attached hydrogen (secondary N) is 1. The highest BCUT2D eigenvalue weighted by atomic mass is 32.2. The molecule has 5 nitrogen and oxygen atoms in total. The molecule has 0 radical (unpaired) electrons. The highest BCUT2D eigenvalue weighted by Crippen LogP contribution is 2.29. The summed E-state index contributed by atoms with van der Waals surface area (Å²) in [4.78, 5) is 29.0. The molecule has 1 aromatic carbocycles. The number of anilines is 1. The van der Waals surface area contributed by atoms with Crippen molar-refractivity contribution in [2.45, 2.75) is 11.2 Å². The molecular weight excluding hydrogens is 367 g/mol. The van der Waals surface area contributed by atoms with Crippen molar-refractivity contribution in [3.05, 3.63) is 53.7 Å². The van der Waals surface area contributed by atoms with Crippen LogP contribution >= 0.6 is 11.8 Å². The van der Waals surface area contributed by atoms with Crippen LogP contribution in [0.4, 0.5) is 18.9 Å². The smallest absolute Gasteiger partial charge is 0.345 e. The molecule has 1 heterocycles. The maximum atomic E-state index is 12.5. The van der Waals surface area contributed by atoms with Crippen LogP contribution in [0.3, 0.4) is 0 Å². The lowest BCUT2D eigenvalue weighted by molar-refractivity contribution is -0.137. The summed E-state index contributed by atoms with van der Waals surface area (Å²) in [7, 11) is 3.25. The van der Waals surface area contributed by atoms with Crippen LogP contribution in [0.2, 0.25) is 0 Å². The van der Waals surface area contributed by atoms with Crippen LogP contribution in [0, 0.1) is 0 Å². The van der Waals surface area contributed by atoms with Crippen molar-refractivity contribution in [3.63, 3.8) is 0 Å². The van der Waals surface area contributed by atoms with E-state index < -0.39 is 11.7 Å². The number of hydrogen-bond donors (Lipinski definition) is 1. The van der Waals surface area contributed by atoms with Gasteiger partial charge in [-0.15, -0.1) is 0 Å². The molecule has 0 aliphatic heterocycles. The van der Waals surface area contributed by atoms with Gasteiger partial charge in [0.25, 0.3) is 5.91 Å². The Morgan fingerprint density at radius 3 is 2.50 bits per heavy atom. The predicted octanol–water partition coefficient (Wildman–Crippen LogP) is 3.53. The number of nitrogens with zero attached hydrogens (tertiary/aromatic N) is 2. The van der Waals surface area contributed by atoms with Gasteiger partial charge in [0.2, 0.25) is 5.91 Å². The van der Waals surface area contributed by atoms with Crippen molar-refractivity contribution in [2.75, 3.05) is 25.2 Å². The summed E-state index contributed by atoms with van der Waals surface area (Å²) >= 11 is 1.02. The highest BCUT2D eigenvalue weighted by molar-refractivity contribution is 7.99. The summed E-state index contributed by atoms with van der Waals surface area (Å²) in [5.74, 6) is -0.569. The third-order valence-electron chi connectivity index (χ3n) is 3.21. The predicted molar refractivity (Wildman–Crippen MR) is 93.1 cm³/mol. The molecule has 0 aliphatic rings. The Balaban J connectivity index is 1.93. The van der Waals surface area contributed by atoms with Crippen LogP contribution in [-0.2, 0) is 11.0 Å². The minimum Gasteiger partial charge on any atom is -0.345 e. The van der Waals surface area contributed by atoms with Crippen molar-refractivity contribution >= 4 is 29.3 Å². The van der Waals surface area contributed by atoms with Crippen molar-refractivity contribution < 1.29 is 22.8 Å². The van der Waals surface area contributed by atoms with Crippen molar-refractivity contribution in [1.82, 2.24) is 9.88 Å². The minimum atomic E-state index is -4.44. The monoisotopic (exact) mass is 383 g/mol. The molecule has 0 unspecified atom stereocenters. The van der Waals surface area contributed by atoms with Crippen LogP contribution in [0.1, 0.15) is 15.9 Å². The molecular formula is C17H16F3N3O2S. The molecule has 138 valence electrons. The fourth-order valence-corrected chi connectivity index (χ4v) is 2.60. The number of alkyl halides is 3. The van der Waals surface area contributed by atoms with E-state index in [0.29, 0.717) is 16.3 Å². The molecule has 0 bridgehead atoms. The lowest BCUT2D eigenvalue weighted by Gasteiger charge is -2.11. The lowest BCUT2D eigenvalue weighted by Crippen LogP contribution is -2.22. The van der Waals surface area contributed by atoms with Crippen LogP contribution < -0.4 is 5.32 Å². The number of carbonyl (C=O) groups excluding carboxylic acids is 2. The second-order valence-corrected chi connectivity index (χ2v) is 6.50. The molecule has 0 fully saturated rings. The van der Waals surface area contributed by atoms with Crippen molar-refractivity contribution in [2.24, 2.45) is 0 Å². The first-order valence-electron chi connectivity index (χ1n) is 7.44. The van der Waals surface area contributed by atoms with Gasteiger partial charge in [-0.1, -0.05) is 17.8 Å². The van der Waals surface area contributed by atoms with Gasteiger partial charge in [-0.3, -0.25) is 9.59 Å². The number of hydrogen-bond acceptors (Lipinski definition) is 4. The standard InChI is InChI=1S/C17H16F3N3O2S/c1-23(2)16(25)11-4-3-5-13(8-11)22-14(24)10-26-15-7-6-12(9-21-15)17(18,19)20/h3-9H,10H2,1-2H3,(H,22,24). The van der Waals surface area contributed by atoms with Crippen LogP contribution in [0.5, 0.6) is 0 Å². The topological polar surface area (TPSA) is 62.3 Å². The quantitative estimate of drug-likeness (QED) is 0.803. The first-order valence-corrected chi connectivity index (χ1v) is 8.43. The van der Waals surface area contributed by atoms with Crippen LogP contribution in [0.15, 0.2) is 47.6 Å². The maximum absolute atomic E-state index is 12.5. The Kier molecular flexibility index (Phi) is 6.25. The Hall–Kier alpha value is -2.55. The second-order valence-electron chi connectivity index (χ2n) is 5.50. The number of amides is 2. The van der Waals surface area contributed by atoms with Gasteiger partial charge < -0.3 is 10.2 Å². The number of benzene rings is 1. The first-order chi connectivity index (χ1) is 12.2. The molecule has 9 heteroatoms. The van der Waals surface area contributed by atoms with Crippen molar-refractivity contribution in [3.8, 4) is 0 Å². The van der Waals surface area contributed by atoms with E-state index in [1.165, 1.54) is 11.0 Å². The van der Waals surface area contributed by atoms with Crippen molar-refractivity contribution in [1.29, 1.82) is 0 Å². The number of thioether (sulfide) groups is 1. The zero-order valence-electron chi connectivity index (χ0n) is 14.0. The Morgan fingerprint density at radius 2 is 1.92 bits per heavy atom. The number of pyridine rings is 1. The third-order valence-corrected chi connectivity index (χ3v) is 4.16. The normalized spacial score (nSPS) is 11.1. The Labute approximate surface area is 152 Å². The Bertz CT molecular complexity index is 793. The molecule has 2 rings (SSSR count). The van der Waals surface area contributed by atoms with E-state index in [1.54, 1.807) is 38.4 Å². The van der Waals surface area contributed by atoms with Gasteiger partial charge >= 0.3 is 6.18 Å². The van der Waals surface area contributed by atoms with E-state index in [9.17, 15) is 22.8 Å². The fourth-order valence-electron chi connectivity index (χ4n) is 1.96. The van der Waals surface area contributed by atoms with E-state index in [0.717, 1.165) is 24.0 Å². The minimum absolute atomic E-state index is 0.0236. The summed E-state index contributed by atoms with van der Waals surface area (Å²) in [6.07, 6.45) is -3.71. The zero-order chi connectivity index (χ0) is 19.3. The molecule has 0 saturated heterocycles. The van der Waals surface area contributed by atoms with Gasteiger partial charge in [-0.2, -0.15) is 13.2 Å². The molecule has 0 aliphatic carbocycles. The second kappa shape index (κ2) is 8.22. The summed E-state index contributed by atoms with van der Waals surface area (Å²) < 4.78 is 37.4. The summed E-state index contributed by atoms with van der Waals surface area (Å²) in [6.45, 7) is 0. The van der Waals surface area contributed by atoms with Crippen LogP contribution in [-0.4, -0.2) is 41.5 Å². The van der Waals surface area contributed by atoms with E-state index in [-0.39, 0.29) is 17.6 Å². The van der Waals surface area contributed by atoms with E-state index in [4.69, 9.17) is 0 Å². The van der Waals surface area contributed by atoms with E-state index >= 15 is 0 Å². The largest absolute Gasteiger partial charge is 0.417 e. The van der Waals surface area contributed by atoms with Gasteiger partial charge in [0.05, 0.1) is 16.3 Å². The van der Waals surface area contributed by atoms with Crippen LogP contribution in [0.25, 0.3) is 0 Å². The first kappa shape index (κ1) is 19.8. The summed E-state index contributed by atoms with van der Waals surface area (Å²) in [6, 6.07) is 8.63. The fraction of sp³-hybridized carbons (Fsp3) is 0.235. The van der Waals surface area contributed by atoms with Gasteiger partial charge in [-0.05, 0) is 30.3 Å². The maximum Gasteiger partial charge on any atom is 0.417 e. The van der Waals surface area contributed by atoms with Gasteiger partial charge in [0, 0.05) is 31.5 Å². The summed E-state index contributed by atoms with van der Waals surface area (Å²) in [5, 5.41) is 2.95. The van der Waals surface area contributed by atoms with Gasteiger partial charge in [-0.25, -0.2) is 4.98 Å². The molecule has 0 atom stereocenters. The van der Waals surface area contributed by atoms with Gasteiger partial charge in [0.1, 0.15) is 0 Å². The molecule has 26 heavy (non-hydrogen) atoms. The number of halogens is 3. The molecule has 1 aromatic heterocycles. The lowest BCUT2D eigenvalue weighted by atomic mass is 10.2. The number of rotatable bonds is 5. The molecule has 0 saturated carbocycles. The average molecular weight is 383 g/mol. The SMILES string of the molecule is CN(C)C(=O)c1cccc(NC(=O)CSc2ccc(C(F)(F)F)cn2)c1. The van der Waals surface area contributed by atoms with E-state index in [2.05, 4.69) is 10.3 Å². The molecule has 1 N–H and O–H groups in total. The molecule has 0 spiro atoms. The highest BCUT2D eigenvalue weighted by Gasteiger charge is 2.30. The molecule has 2 amide bonds. The molecule has 2 aromatic rings.